The fourth-order valence-corrected chi connectivity index (χ4v) is 4.30. The van der Waals surface area contributed by atoms with Gasteiger partial charge in [0.1, 0.15) is 0 Å². The van der Waals surface area contributed by atoms with Crippen LogP contribution in [0.2, 0.25) is 0 Å². The van der Waals surface area contributed by atoms with Crippen LogP contribution in [0, 0.1) is 17.8 Å². The van der Waals surface area contributed by atoms with Crippen LogP contribution in [-0.2, 0) is 9.53 Å². The topological polar surface area (TPSA) is 55.6 Å². The highest BCUT2D eigenvalue weighted by molar-refractivity contribution is 5.80. The van der Waals surface area contributed by atoms with Crippen LogP contribution in [0.5, 0.6) is 0 Å². The molecule has 1 saturated heterocycles. The van der Waals surface area contributed by atoms with Crippen LogP contribution >= 0.6 is 0 Å². The lowest BCUT2D eigenvalue weighted by Gasteiger charge is -2.33. The van der Waals surface area contributed by atoms with Gasteiger partial charge in [0.05, 0.1) is 12.0 Å². The monoisotopic (exact) mass is 266 g/mol. The Hall–Kier alpha value is -0.610. The molecule has 0 aromatic heterocycles. The predicted octanol–water partition coefficient (Wildman–Crippen LogP) is 1.39. The molecule has 0 aromatic rings. The van der Waals surface area contributed by atoms with Crippen molar-refractivity contribution in [1.82, 2.24) is 4.90 Å². The van der Waals surface area contributed by atoms with Crippen molar-refractivity contribution in [3.63, 3.8) is 0 Å². The van der Waals surface area contributed by atoms with Gasteiger partial charge in [-0.2, -0.15) is 0 Å². The minimum Gasteiger partial charge on any atom is -0.376 e. The van der Waals surface area contributed by atoms with E-state index >= 15 is 0 Å². The van der Waals surface area contributed by atoms with Crippen molar-refractivity contribution in [2.75, 3.05) is 20.2 Å². The lowest BCUT2D eigenvalue weighted by Crippen LogP contribution is -2.48. The van der Waals surface area contributed by atoms with Crippen LogP contribution in [-0.4, -0.2) is 43.2 Å². The number of nitrogens with zero attached hydrogens (tertiary/aromatic N) is 1. The molecule has 4 heteroatoms. The highest BCUT2D eigenvalue weighted by atomic mass is 16.5. The van der Waals surface area contributed by atoms with E-state index in [-0.39, 0.29) is 24.0 Å². The first-order chi connectivity index (χ1) is 9.16. The SMILES string of the molecule is CN(C[C@@H]1CCCCO1)C(=O)[C@@H]1[C@H]2CC[C@@H](C2)[C@H]1N. The Labute approximate surface area is 115 Å². The third-order valence-corrected chi connectivity index (χ3v) is 5.39. The fraction of sp³-hybridized carbons (Fsp3) is 0.933. The van der Waals surface area contributed by atoms with E-state index in [1.807, 2.05) is 11.9 Å². The number of amides is 1. The second-order valence-corrected chi connectivity index (χ2v) is 6.64. The molecule has 3 rings (SSSR count). The molecule has 3 fully saturated rings. The Kier molecular flexibility index (Phi) is 3.81. The van der Waals surface area contributed by atoms with Crippen LogP contribution in [0.3, 0.4) is 0 Å². The second-order valence-electron chi connectivity index (χ2n) is 6.64. The number of rotatable bonds is 3. The quantitative estimate of drug-likeness (QED) is 0.840. The van der Waals surface area contributed by atoms with Crippen LogP contribution in [0.4, 0.5) is 0 Å². The molecule has 19 heavy (non-hydrogen) atoms. The minimum absolute atomic E-state index is 0.0762. The van der Waals surface area contributed by atoms with Gasteiger partial charge in [0.25, 0.3) is 0 Å². The molecule has 0 radical (unpaired) electrons. The Bertz CT molecular complexity index is 339. The smallest absolute Gasteiger partial charge is 0.227 e. The van der Waals surface area contributed by atoms with Crippen LogP contribution in [0.15, 0.2) is 0 Å². The maximum absolute atomic E-state index is 12.6. The fourth-order valence-electron chi connectivity index (χ4n) is 4.30. The zero-order chi connectivity index (χ0) is 13.4. The molecule has 1 amide bonds. The first-order valence-corrected chi connectivity index (χ1v) is 7.79. The molecule has 0 aromatic carbocycles. The average molecular weight is 266 g/mol. The molecular formula is C15H26N2O2. The van der Waals surface area contributed by atoms with Crippen molar-refractivity contribution >= 4 is 5.91 Å². The molecule has 5 atom stereocenters. The Morgan fingerprint density at radius 2 is 2.05 bits per heavy atom. The number of hydrogen-bond donors (Lipinski definition) is 1. The van der Waals surface area contributed by atoms with Gasteiger partial charge in [0, 0.05) is 26.2 Å². The number of likely N-dealkylation sites (N-methyl/N-ethyl adjacent to an activating group) is 1. The van der Waals surface area contributed by atoms with E-state index in [2.05, 4.69) is 0 Å². The van der Waals surface area contributed by atoms with Crippen molar-refractivity contribution in [2.45, 2.75) is 50.7 Å². The Morgan fingerprint density at radius 1 is 1.26 bits per heavy atom. The summed E-state index contributed by atoms with van der Waals surface area (Å²) in [6.45, 7) is 1.58. The number of carbonyl (C=O) groups is 1. The van der Waals surface area contributed by atoms with E-state index in [0.717, 1.165) is 26.0 Å². The summed E-state index contributed by atoms with van der Waals surface area (Å²) in [5.41, 5.74) is 6.26. The second kappa shape index (κ2) is 5.41. The van der Waals surface area contributed by atoms with E-state index in [4.69, 9.17) is 10.5 Å². The number of carbonyl (C=O) groups excluding carboxylic acids is 1. The van der Waals surface area contributed by atoms with Gasteiger partial charge in [-0.25, -0.2) is 0 Å². The number of fused-ring (bicyclic) bond motifs is 2. The summed E-state index contributed by atoms with van der Waals surface area (Å²) >= 11 is 0. The molecule has 1 aliphatic heterocycles. The molecule has 0 unspecified atom stereocenters. The lowest BCUT2D eigenvalue weighted by molar-refractivity contribution is -0.138. The maximum atomic E-state index is 12.6. The zero-order valence-electron chi connectivity index (χ0n) is 11.9. The molecule has 2 bridgehead atoms. The third-order valence-electron chi connectivity index (χ3n) is 5.39. The lowest BCUT2D eigenvalue weighted by atomic mass is 9.84. The largest absolute Gasteiger partial charge is 0.376 e. The number of ether oxygens (including phenoxy) is 1. The van der Waals surface area contributed by atoms with Gasteiger partial charge in [-0.15, -0.1) is 0 Å². The van der Waals surface area contributed by atoms with E-state index in [1.165, 1.54) is 25.7 Å². The molecule has 2 N–H and O–H groups in total. The van der Waals surface area contributed by atoms with Gasteiger partial charge in [-0.05, 0) is 50.4 Å². The zero-order valence-corrected chi connectivity index (χ0v) is 11.9. The average Bonchev–Trinajstić information content (AvgIpc) is 3.00. The molecule has 0 spiro atoms. The summed E-state index contributed by atoms with van der Waals surface area (Å²) < 4.78 is 5.73. The standard InChI is InChI=1S/C15H26N2O2/c1-17(9-12-4-2-3-7-19-12)15(18)13-10-5-6-11(8-10)14(13)16/h10-14H,2-9,16H2,1H3/t10-,11-,12-,13+,14+/m0/s1. The highest BCUT2D eigenvalue weighted by Crippen LogP contribution is 2.48. The van der Waals surface area contributed by atoms with E-state index < -0.39 is 0 Å². The molecule has 3 aliphatic rings. The predicted molar refractivity (Wildman–Crippen MR) is 73.5 cm³/mol. The van der Waals surface area contributed by atoms with Crippen LogP contribution < -0.4 is 5.73 Å². The Morgan fingerprint density at radius 3 is 2.68 bits per heavy atom. The summed E-state index contributed by atoms with van der Waals surface area (Å²) in [4.78, 5) is 14.5. The minimum atomic E-state index is 0.0762. The van der Waals surface area contributed by atoms with Crippen LogP contribution in [0.1, 0.15) is 38.5 Å². The summed E-state index contributed by atoms with van der Waals surface area (Å²) in [5.74, 6) is 1.47. The summed E-state index contributed by atoms with van der Waals surface area (Å²) in [6, 6.07) is 0.0981. The van der Waals surface area contributed by atoms with E-state index in [9.17, 15) is 4.79 Å². The van der Waals surface area contributed by atoms with Gasteiger partial charge >= 0.3 is 0 Å². The molecule has 1 heterocycles. The third kappa shape index (κ3) is 2.52. The first-order valence-electron chi connectivity index (χ1n) is 7.79. The number of hydrogen-bond acceptors (Lipinski definition) is 3. The first kappa shape index (κ1) is 13.4. The summed E-state index contributed by atoms with van der Waals surface area (Å²) in [7, 11) is 1.92. The van der Waals surface area contributed by atoms with Crippen molar-refractivity contribution < 1.29 is 9.53 Å². The van der Waals surface area contributed by atoms with Crippen LogP contribution in [0.25, 0.3) is 0 Å². The molecule has 2 aliphatic carbocycles. The van der Waals surface area contributed by atoms with Crippen molar-refractivity contribution in [1.29, 1.82) is 0 Å². The van der Waals surface area contributed by atoms with Crippen molar-refractivity contribution in [3.8, 4) is 0 Å². The summed E-state index contributed by atoms with van der Waals surface area (Å²) in [5, 5.41) is 0. The molecule has 108 valence electrons. The van der Waals surface area contributed by atoms with Crippen molar-refractivity contribution in [2.24, 2.45) is 23.5 Å². The number of nitrogens with two attached hydrogens (primary N) is 1. The molecule has 4 nitrogen and oxygen atoms in total. The normalized spacial score (nSPS) is 41.5. The highest BCUT2D eigenvalue weighted by Gasteiger charge is 2.49. The van der Waals surface area contributed by atoms with E-state index in [1.54, 1.807) is 0 Å². The van der Waals surface area contributed by atoms with Gasteiger partial charge in [0.2, 0.25) is 5.91 Å². The van der Waals surface area contributed by atoms with Crippen molar-refractivity contribution in [3.05, 3.63) is 0 Å². The maximum Gasteiger partial charge on any atom is 0.227 e. The Balaban J connectivity index is 1.57. The van der Waals surface area contributed by atoms with E-state index in [0.29, 0.717) is 11.8 Å². The van der Waals surface area contributed by atoms with Gasteiger partial charge in [0.15, 0.2) is 0 Å². The van der Waals surface area contributed by atoms with Gasteiger partial charge in [-0.1, -0.05) is 0 Å². The van der Waals surface area contributed by atoms with Gasteiger partial charge < -0.3 is 15.4 Å². The summed E-state index contributed by atoms with van der Waals surface area (Å²) in [6.07, 6.45) is 7.29. The molecular weight excluding hydrogens is 240 g/mol. The van der Waals surface area contributed by atoms with Gasteiger partial charge in [-0.3, -0.25) is 4.79 Å². The molecule has 2 saturated carbocycles.